The average molecular weight is 543 g/mol. The number of benzene rings is 2. The molecule has 10 heteroatoms. The Morgan fingerprint density at radius 2 is 1.87 bits per heavy atom. The third-order valence-corrected chi connectivity index (χ3v) is 6.81. The van der Waals surface area contributed by atoms with Gasteiger partial charge in [0.25, 0.3) is 0 Å². The molecule has 5 rings (SSSR count). The van der Waals surface area contributed by atoms with E-state index in [9.17, 15) is 14.9 Å². The minimum absolute atomic E-state index is 0.0569. The van der Waals surface area contributed by atoms with E-state index in [1.54, 1.807) is 47.6 Å². The number of urea groups is 1. The van der Waals surface area contributed by atoms with Crippen LogP contribution in [0.4, 0.5) is 4.79 Å². The Morgan fingerprint density at radius 1 is 1.13 bits per heavy atom. The summed E-state index contributed by atoms with van der Waals surface area (Å²) < 4.78 is 6.11. The number of carbonyl (C=O) groups excluding carboxylic acids is 2. The van der Waals surface area contributed by atoms with E-state index >= 15 is 0 Å². The lowest BCUT2D eigenvalue weighted by molar-refractivity contribution is -0.123. The first-order chi connectivity index (χ1) is 18.9. The largest absolute Gasteiger partial charge is 0.490 e. The lowest BCUT2D eigenvalue weighted by Crippen LogP contribution is -2.55. The third kappa shape index (κ3) is 5.42. The van der Waals surface area contributed by atoms with Crippen molar-refractivity contribution in [3.63, 3.8) is 0 Å². The molecule has 2 aromatic carbocycles. The molecule has 0 unspecified atom stereocenters. The van der Waals surface area contributed by atoms with Crippen molar-refractivity contribution in [1.82, 2.24) is 20.1 Å². The Balaban J connectivity index is 1.71. The van der Waals surface area contributed by atoms with Crippen LogP contribution in [-0.2, 0) is 4.79 Å². The van der Waals surface area contributed by atoms with E-state index in [4.69, 9.17) is 21.3 Å². The molecule has 0 aliphatic carbocycles. The second-order valence-corrected chi connectivity index (χ2v) is 10.0. The molecule has 198 valence electrons. The van der Waals surface area contributed by atoms with Crippen molar-refractivity contribution in [2.75, 3.05) is 19.6 Å². The van der Waals surface area contributed by atoms with Crippen LogP contribution in [0.15, 0.2) is 72.0 Å². The van der Waals surface area contributed by atoms with Gasteiger partial charge in [-0.25, -0.2) is 4.79 Å². The molecule has 0 saturated carbocycles. The number of rotatable bonds is 5. The van der Waals surface area contributed by atoms with Crippen LogP contribution in [0.25, 0.3) is 0 Å². The van der Waals surface area contributed by atoms with E-state index in [1.165, 1.54) is 4.90 Å². The van der Waals surface area contributed by atoms with E-state index in [0.29, 0.717) is 40.8 Å². The van der Waals surface area contributed by atoms with Crippen molar-refractivity contribution in [3.8, 4) is 11.8 Å². The van der Waals surface area contributed by atoms with Crippen molar-refractivity contribution in [2.24, 2.45) is 4.99 Å². The summed E-state index contributed by atoms with van der Waals surface area (Å²) in [6, 6.07) is 17.0. The van der Waals surface area contributed by atoms with Crippen LogP contribution in [0.1, 0.15) is 48.2 Å². The molecule has 1 N–H and O–H groups in total. The summed E-state index contributed by atoms with van der Waals surface area (Å²) in [5.74, 6) is 0.623. The van der Waals surface area contributed by atoms with E-state index in [1.807, 2.05) is 38.1 Å². The Hall–Kier alpha value is -4.42. The predicted octanol–water partition coefficient (Wildman–Crippen LogP) is 4.49. The van der Waals surface area contributed by atoms with Gasteiger partial charge in [-0.1, -0.05) is 23.7 Å². The van der Waals surface area contributed by atoms with Crippen molar-refractivity contribution in [3.05, 3.63) is 94.3 Å². The number of pyridine rings is 1. The number of nitrogens with zero attached hydrogens (tertiary/aromatic N) is 5. The molecule has 39 heavy (non-hydrogen) atoms. The Kier molecular flexibility index (Phi) is 7.48. The Morgan fingerprint density at radius 3 is 2.54 bits per heavy atom. The first-order valence-electron chi connectivity index (χ1n) is 12.6. The average Bonchev–Trinajstić information content (AvgIpc) is 3.33. The number of aromatic nitrogens is 1. The minimum atomic E-state index is -0.542. The second-order valence-electron chi connectivity index (χ2n) is 9.59. The topological polar surface area (TPSA) is 111 Å². The molecule has 2 aliphatic rings. The van der Waals surface area contributed by atoms with Crippen LogP contribution in [0.2, 0.25) is 5.02 Å². The fraction of sp³-hybridized carbons (Fsp3) is 0.276. The van der Waals surface area contributed by atoms with Crippen LogP contribution in [0, 0.1) is 11.3 Å². The summed E-state index contributed by atoms with van der Waals surface area (Å²) in [6.45, 7) is 4.46. The summed E-state index contributed by atoms with van der Waals surface area (Å²) >= 11 is 6.22. The molecule has 1 aromatic heterocycles. The van der Waals surface area contributed by atoms with Crippen LogP contribution in [-0.4, -0.2) is 58.3 Å². The zero-order valence-corrected chi connectivity index (χ0v) is 22.3. The van der Waals surface area contributed by atoms with Crippen molar-refractivity contribution >= 4 is 29.4 Å². The number of nitrogens with one attached hydrogen (secondary N) is 1. The minimum Gasteiger partial charge on any atom is -0.490 e. The number of amides is 3. The Labute approximate surface area is 231 Å². The van der Waals surface area contributed by atoms with E-state index in [2.05, 4.69) is 16.4 Å². The van der Waals surface area contributed by atoms with Gasteiger partial charge in [0, 0.05) is 30.5 Å². The summed E-state index contributed by atoms with van der Waals surface area (Å²) in [6.07, 6.45) is 3.20. The van der Waals surface area contributed by atoms with Crippen LogP contribution < -0.4 is 10.1 Å². The van der Waals surface area contributed by atoms with Gasteiger partial charge in [-0.05, 0) is 67.4 Å². The van der Waals surface area contributed by atoms with Gasteiger partial charge in [0.1, 0.15) is 24.2 Å². The molecule has 0 spiro atoms. The first-order valence-corrected chi connectivity index (χ1v) is 13.0. The van der Waals surface area contributed by atoms with Crippen molar-refractivity contribution in [1.29, 1.82) is 5.26 Å². The van der Waals surface area contributed by atoms with Gasteiger partial charge in [-0.2, -0.15) is 5.26 Å². The number of hydrogen-bond donors (Lipinski definition) is 1. The summed E-state index contributed by atoms with van der Waals surface area (Å²) in [7, 11) is 0. The number of hydrogen-bond acceptors (Lipinski definition) is 6. The van der Waals surface area contributed by atoms with Gasteiger partial charge < -0.3 is 15.0 Å². The molecular weight excluding hydrogens is 516 g/mol. The molecule has 9 nitrogen and oxygen atoms in total. The third-order valence-electron chi connectivity index (χ3n) is 6.56. The molecule has 0 bridgehead atoms. The highest BCUT2D eigenvalue weighted by Crippen LogP contribution is 2.45. The van der Waals surface area contributed by atoms with Crippen LogP contribution in [0.5, 0.6) is 5.75 Å². The summed E-state index contributed by atoms with van der Waals surface area (Å²) in [4.78, 5) is 39.0. The van der Waals surface area contributed by atoms with E-state index in [0.717, 1.165) is 11.1 Å². The highest BCUT2D eigenvalue weighted by atomic mass is 35.5. The number of ether oxygens (including phenoxy) is 1. The molecule has 3 heterocycles. The fourth-order valence-electron chi connectivity index (χ4n) is 4.84. The smallest absolute Gasteiger partial charge is 0.326 e. The van der Waals surface area contributed by atoms with Gasteiger partial charge in [0.05, 0.1) is 29.3 Å². The number of halogens is 1. The molecule has 1 saturated heterocycles. The number of amidine groups is 1. The maximum atomic E-state index is 14.3. The summed E-state index contributed by atoms with van der Waals surface area (Å²) in [5.41, 5.74) is 2.70. The monoisotopic (exact) mass is 542 g/mol. The van der Waals surface area contributed by atoms with Gasteiger partial charge in [0.2, 0.25) is 5.91 Å². The molecule has 2 aliphatic heterocycles. The first kappa shape index (κ1) is 26.2. The molecule has 3 aromatic rings. The molecule has 2 atom stereocenters. The van der Waals surface area contributed by atoms with E-state index < -0.39 is 12.1 Å². The van der Waals surface area contributed by atoms with E-state index in [-0.39, 0.29) is 24.6 Å². The molecule has 3 amide bonds. The SMILES string of the molecule is CC(C)Oc1cc(C#N)ccc1C1=N[C@@H](c2ccncc2)[C@@H](c2ccc(Cl)cc2)N1C(=O)N1CCNC(=O)C1. The van der Waals surface area contributed by atoms with Crippen LogP contribution in [0.3, 0.4) is 0 Å². The van der Waals surface area contributed by atoms with Crippen molar-refractivity contribution in [2.45, 2.75) is 32.0 Å². The highest BCUT2D eigenvalue weighted by molar-refractivity contribution is 6.30. The van der Waals surface area contributed by atoms with Gasteiger partial charge in [0.15, 0.2) is 0 Å². The lowest BCUT2D eigenvalue weighted by atomic mass is 9.94. The zero-order valence-electron chi connectivity index (χ0n) is 21.5. The zero-order chi connectivity index (χ0) is 27.5. The maximum Gasteiger partial charge on any atom is 0.326 e. The number of carbonyl (C=O) groups is 2. The lowest BCUT2D eigenvalue weighted by Gasteiger charge is -2.35. The molecule has 1 fully saturated rings. The fourth-order valence-corrected chi connectivity index (χ4v) is 4.96. The quantitative estimate of drug-likeness (QED) is 0.510. The molecular formula is C29H27ClN6O3. The maximum absolute atomic E-state index is 14.3. The Bertz CT molecular complexity index is 1450. The summed E-state index contributed by atoms with van der Waals surface area (Å²) in [5, 5.41) is 12.9. The number of nitriles is 1. The van der Waals surface area contributed by atoms with Gasteiger partial charge in [-0.15, -0.1) is 0 Å². The second kappa shape index (κ2) is 11.1. The van der Waals surface area contributed by atoms with Gasteiger partial charge >= 0.3 is 6.03 Å². The number of aliphatic imine (C=N–C) groups is 1. The highest BCUT2D eigenvalue weighted by Gasteiger charge is 2.45. The van der Waals surface area contributed by atoms with Crippen LogP contribution >= 0.6 is 11.6 Å². The standard InChI is InChI=1S/C29H27ClN6O3/c1-18(2)39-24-15-19(16-31)3-8-23(24)28-34-26(20-9-11-32-12-10-20)27(21-4-6-22(30)7-5-21)36(28)29(38)35-14-13-33-25(37)17-35/h3-12,15,18,26-27H,13-14,17H2,1-2H3,(H,33,37)/t26-,27+/m0/s1. The number of piperazine rings is 1. The van der Waals surface area contributed by atoms with Gasteiger partial charge in [-0.3, -0.25) is 19.7 Å². The molecule has 0 radical (unpaired) electrons. The predicted molar refractivity (Wildman–Crippen MR) is 146 cm³/mol. The van der Waals surface area contributed by atoms with Crippen molar-refractivity contribution < 1.29 is 14.3 Å². The normalized spacial score (nSPS) is 18.9.